The van der Waals surface area contributed by atoms with Crippen LogP contribution < -0.4 is 0 Å². The van der Waals surface area contributed by atoms with Crippen molar-refractivity contribution in [1.29, 1.82) is 5.26 Å². The van der Waals surface area contributed by atoms with Gasteiger partial charge < -0.3 is 14.2 Å². The standard InChI is InChI=1S/C11H19NO3/c12-5-8-14-10-9-13-7-4-11-3-1-2-6-15-11/h11H,1-4,6-10H2. The third-order valence-electron chi connectivity index (χ3n) is 2.40. The lowest BCUT2D eigenvalue weighted by molar-refractivity contribution is -0.0139. The fraction of sp³-hybridized carbons (Fsp3) is 0.909. The maximum absolute atomic E-state index is 8.21. The summed E-state index contributed by atoms with van der Waals surface area (Å²) in [5, 5.41) is 8.21. The van der Waals surface area contributed by atoms with Crippen LogP contribution in [0.25, 0.3) is 0 Å². The Hall–Kier alpha value is -0.630. The quantitative estimate of drug-likeness (QED) is 0.601. The van der Waals surface area contributed by atoms with Gasteiger partial charge in [-0.3, -0.25) is 0 Å². The zero-order valence-corrected chi connectivity index (χ0v) is 9.11. The van der Waals surface area contributed by atoms with E-state index in [0.29, 0.717) is 19.3 Å². The van der Waals surface area contributed by atoms with Crippen molar-refractivity contribution < 1.29 is 14.2 Å². The summed E-state index contributed by atoms with van der Waals surface area (Å²) < 4.78 is 15.9. The number of rotatable bonds is 7. The summed E-state index contributed by atoms with van der Waals surface area (Å²) in [6.07, 6.45) is 4.99. The monoisotopic (exact) mass is 213 g/mol. The minimum absolute atomic E-state index is 0.148. The van der Waals surface area contributed by atoms with Crippen molar-refractivity contribution in [3.8, 4) is 6.07 Å². The Morgan fingerprint density at radius 3 is 2.80 bits per heavy atom. The minimum Gasteiger partial charge on any atom is -0.379 e. The van der Waals surface area contributed by atoms with Crippen LogP contribution in [-0.2, 0) is 14.2 Å². The van der Waals surface area contributed by atoms with E-state index in [9.17, 15) is 0 Å². The van der Waals surface area contributed by atoms with E-state index in [1.807, 2.05) is 6.07 Å². The molecule has 1 fully saturated rings. The van der Waals surface area contributed by atoms with Gasteiger partial charge in [-0.1, -0.05) is 0 Å². The second kappa shape index (κ2) is 8.66. The zero-order valence-electron chi connectivity index (χ0n) is 9.11. The van der Waals surface area contributed by atoms with Crippen LogP contribution in [0.5, 0.6) is 0 Å². The van der Waals surface area contributed by atoms with Gasteiger partial charge in [0.2, 0.25) is 0 Å². The molecule has 0 spiro atoms. The summed E-state index contributed by atoms with van der Waals surface area (Å²) in [6.45, 7) is 2.83. The van der Waals surface area contributed by atoms with E-state index in [0.717, 1.165) is 26.1 Å². The zero-order chi connectivity index (χ0) is 10.8. The van der Waals surface area contributed by atoms with Gasteiger partial charge in [0.25, 0.3) is 0 Å². The summed E-state index contributed by atoms with van der Waals surface area (Å²) in [7, 11) is 0. The summed E-state index contributed by atoms with van der Waals surface area (Å²) in [5.41, 5.74) is 0. The third kappa shape index (κ3) is 6.45. The van der Waals surface area contributed by atoms with Gasteiger partial charge in [0.1, 0.15) is 6.61 Å². The summed E-state index contributed by atoms with van der Waals surface area (Å²) in [5.74, 6) is 0. The highest BCUT2D eigenvalue weighted by Crippen LogP contribution is 2.15. The Kier molecular flexibility index (Phi) is 7.18. The topological polar surface area (TPSA) is 51.5 Å². The first-order chi connectivity index (χ1) is 7.43. The van der Waals surface area contributed by atoms with Crippen LogP contribution in [-0.4, -0.2) is 39.1 Å². The van der Waals surface area contributed by atoms with Crippen LogP contribution in [0, 0.1) is 11.3 Å². The maximum Gasteiger partial charge on any atom is 0.133 e. The van der Waals surface area contributed by atoms with E-state index in [1.165, 1.54) is 12.8 Å². The van der Waals surface area contributed by atoms with Gasteiger partial charge in [-0.15, -0.1) is 0 Å². The molecule has 4 nitrogen and oxygen atoms in total. The first-order valence-electron chi connectivity index (χ1n) is 5.57. The second-order valence-electron chi connectivity index (χ2n) is 3.60. The molecule has 0 N–H and O–H groups in total. The molecular weight excluding hydrogens is 194 g/mol. The molecule has 0 aromatic heterocycles. The molecule has 1 atom stereocenters. The number of nitrogens with zero attached hydrogens (tertiary/aromatic N) is 1. The number of hydrogen-bond donors (Lipinski definition) is 0. The molecule has 86 valence electrons. The van der Waals surface area contributed by atoms with Crippen LogP contribution in [0.1, 0.15) is 25.7 Å². The van der Waals surface area contributed by atoms with E-state index in [4.69, 9.17) is 19.5 Å². The predicted molar refractivity (Wildman–Crippen MR) is 55.5 cm³/mol. The van der Waals surface area contributed by atoms with Gasteiger partial charge in [0.05, 0.1) is 25.4 Å². The molecule has 1 aliphatic heterocycles. The largest absolute Gasteiger partial charge is 0.379 e. The molecular formula is C11H19NO3. The number of ether oxygens (including phenoxy) is 3. The molecule has 0 aromatic rings. The van der Waals surface area contributed by atoms with Crippen LogP contribution in [0.15, 0.2) is 0 Å². The van der Waals surface area contributed by atoms with Crippen molar-refractivity contribution >= 4 is 0 Å². The van der Waals surface area contributed by atoms with Crippen molar-refractivity contribution in [1.82, 2.24) is 0 Å². The third-order valence-corrected chi connectivity index (χ3v) is 2.40. The predicted octanol–water partition coefficient (Wildman–Crippen LogP) is 1.50. The maximum atomic E-state index is 8.21. The Morgan fingerprint density at radius 1 is 1.20 bits per heavy atom. The Balaban J connectivity index is 1.82. The van der Waals surface area contributed by atoms with Crippen molar-refractivity contribution in [2.45, 2.75) is 31.8 Å². The molecule has 1 aliphatic rings. The van der Waals surface area contributed by atoms with Crippen LogP contribution in [0.3, 0.4) is 0 Å². The Morgan fingerprint density at radius 2 is 2.07 bits per heavy atom. The fourth-order valence-corrected chi connectivity index (χ4v) is 1.59. The van der Waals surface area contributed by atoms with E-state index in [-0.39, 0.29) is 6.61 Å². The SMILES string of the molecule is N#CCOCCOCCC1CCCCO1. The van der Waals surface area contributed by atoms with E-state index < -0.39 is 0 Å². The fourth-order valence-electron chi connectivity index (χ4n) is 1.59. The van der Waals surface area contributed by atoms with Gasteiger partial charge in [-0.05, 0) is 25.7 Å². The highest BCUT2D eigenvalue weighted by Gasteiger charge is 2.12. The molecule has 0 aromatic carbocycles. The Bertz CT molecular complexity index is 185. The molecule has 15 heavy (non-hydrogen) atoms. The number of hydrogen-bond acceptors (Lipinski definition) is 4. The lowest BCUT2D eigenvalue weighted by atomic mass is 10.1. The summed E-state index contributed by atoms with van der Waals surface area (Å²) >= 11 is 0. The molecule has 0 aliphatic carbocycles. The first kappa shape index (κ1) is 12.4. The van der Waals surface area contributed by atoms with Crippen molar-refractivity contribution in [3.63, 3.8) is 0 Å². The van der Waals surface area contributed by atoms with E-state index in [1.54, 1.807) is 0 Å². The molecule has 0 saturated carbocycles. The molecule has 1 unspecified atom stereocenters. The highest BCUT2D eigenvalue weighted by molar-refractivity contribution is 4.66. The lowest BCUT2D eigenvalue weighted by Gasteiger charge is -2.22. The molecule has 1 heterocycles. The van der Waals surface area contributed by atoms with E-state index >= 15 is 0 Å². The molecule has 0 bridgehead atoms. The average molecular weight is 213 g/mol. The smallest absolute Gasteiger partial charge is 0.133 e. The lowest BCUT2D eigenvalue weighted by Crippen LogP contribution is -2.21. The summed E-state index contributed by atoms with van der Waals surface area (Å²) in [4.78, 5) is 0. The second-order valence-corrected chi connectivity index (χ2v) is 3.60. The molecule has 1 rings (SSSR count). The van der Waals surface area contributed by atoms with E-state index in [2.05, 4.69) is 0 Å². The molecule has 0 amide bonds. The van der Waals surface area contributed by atoms with Crippen molar-refractivity contribution in [2.75, 3.05) is 33.0 Å². The highest BCUT2D eigenvalue weighted by atomic mass is 16.5. The average Bonchev–Trinajstić information content (AvgIpc) is 2.29. The molecule has 0 radical (unpaired) electrons. The van der Waals surface area contributed by atoms with Crippen LogP contribution in [0.4, 0.5) is 0 Å². The summed E-state index contributed by atoms with van der Waals surface area (Å²) in [6, 6.07) is 1.91. The van der Waals surface area contributed by atoms with Crippen LogP contribution >= 0.6 is 0 Å². The first-order valence-corrected chi connectivity index (χ1v) is 5.57. The van der Waals surface area contributed by atoms with Crippen molar-refractivity contribution in [3.05, 3.63) is 0 Å². The van der Waals surface area contributed by atoms with Gasteiger partial charge in [0.15, 0.2) is 0 Å². The minimum atomic E-state index is 0.148. The van der Waals surface area contributed by atoms with Gasteiger partial charge >= 0.3 is 0 Å². The van der Waals surface area contributed by atoms with Gasteiger partial charge in [0, 0.05) is 13.2 Å². The van der Waals surface area contributed by atoms with Gasteiger partial charge in [-0.25, -0.2) is 0 Å². The van der Waals surface area contributed by atoms with Crippen molar-refractivity contribution in [2.24, 2.45) is 0 Å². The van der Waals surface area contributed by atoms with Crippen LogP contribution in [0.2, 0.25) is 0 Å². The normalized spacial score (nSPS) is 21.1. The number of nitriles is 1. The molecule has 1 saturated heterocycles. The van der Waals surface area contributed by atoms with Gasteiger partial charge in [-0.2, -0.15) is 5.26 Å². The Labute approximate surface area is 91.1 Å². The molecule has 4 heteroatoms.